The molecule has 96 valence electrons. The highest BCUT2D eigenvalue weighted by Gasteiger charge is 2.17. The summed E-state index contributed by atoms with van der Waals surface area (Å²) in [5, 5.41) is 17.6. The molecule has 2 rings (SSSR count). The van der Waals surface area contributed by atoms with Crippen LogP contribution in [-0.2, 0) is 0 Å². The van der Waals surface area contributed by atoms with E-state index in [2.05, 4.69) is 10.2 Å². The maximum atomic E-state index is 13.5. The molecule has 0 aliphatic carbocycles. The molecule has 5 nitrogen and oxygen atoms in total. The van der Waals surface area contributed by atoms with Crippen LogP contribution in [0.25, 0.3) is 0 Å². The maximum Gasteiger partial charge on any atom is 0.299 e. The molecule has 0 radical (unpaired) electrons. The fourth-order valence-electron chi connectivity index (χ4n) is 1.39. The third-order valence-electron chi connectivity index (χ3n) is 2.27. The van der Waals surface area contributed by atoms with E-state index in [1.807, 2.05) is 0 Å². The van der Waals surface area contributed by atoms with E-state index in [9.17, 15) is 18.9 Å². The highest BCUT2D eigenvalue weighted by atomic mass is 19.1. The van der Waals surface area contributed by atoms with Crippen LogP contribution in [0, 0.1) is 21.7 Å². The molecule has 0 saturated heterocycles. The van der Waals surface area contributed by atoms with Crippen LogP contribution in [0.5, 0.6) is 0 Å². The van der Waals surface area contributed by atoms with Crippen LogP contribution in [0.4, 0.5) is 25.8 Å². The van der Waals surface area contributed by atoms with Crippen molar-refractivity contribution in [2.24, 2.45) is 10.2 Å². The molecule has 2 aromatic carbocycles. The van der Waals surface area contributed by atoms with Gasteiger partial charge in [0.15, 0.2) is 17.3 Å². The topological polar surface area (TPSA) is 67.9 Å². The predicted octanol–water partition coefficient (Wildman–Crippen LogP) is 4.29. The molecule has 0 unspecified atom stereocenters. The van der Waals surface area contributed by atoms with Crippen molar-refractivity contribution in [2.75, 3.05) is 0 Å². The van der Waals surface area contributed by atoms with E-state index in [1.54, 1.807) is 0 Å². The average Bonchev–Trinajstić information content (AvgIpc) is 2.38. The molecule has 0 aliphatic heterocycles. The minimum Gasteiger partial charge on any atom is -0.258 e. The monoisotopic (exact) mass is 263 g/mol. The fourth-order valence-corrected chi connectivity index (χ4v) is 1.39. The summed E-state index contributed by atoms with van der Waals surface area (Å²) in [7, 11) is 0. The number of halogens is 2. The molecule has 0 amide bonds. The number of hydrogen-bond donors (Lipinski definition) is 0. The minimum absolute atomic E-state index is 0.125. The summed E-state index contributed by atoms with van der Waals surface area (Å²) >= 11 is 0. The van der Waals surface area contributed by atoms with Crippen molar-refractivity contribution in [3.63, 3.8) is 0 Å². The first-order valence-electron chi connectivity index (χ1n) is 5.19. The molecule has 0 spiro atoms. The minimum atomic E-state index is -0.894. The Labute approximate surface area is 106 Å². The first-order chi connectivity index (χ1) is 9.09. The van der Waals surface area contributed by atoms with Gasteiger partial charge < -0.3 is 0 Å². The molecule has 0 fully saturated rings. The summed E-state index contributed by atoms with van der Waals surface area (Å²) in [5.74, 6) is -1.54. The van der Waals surface area contributed by atoms with Crippen LogP contribution < -0.4 is 0 Å². The molecule has 0 aromatic heterocycles. The van der Waals surface area contributed by atoms with Gasteiger partial charge in [-0.25, -0.2) is 8.78 Å². The normalized spacial score (nSPS) is 10.8. The maximum absolute atomic E-state index is 13.5. The third kappa shape index (κ3) is 2.76. The second-order valence-corrected chi connectivity index (χ2v) is 3.52. The zero-order valence-corrected chi connectivity index (χ0v) is 9.46. The van der Waals surface area contributed by atoms with Gasteiger partial charge in [0.05, 0.1) is 4.92 Å². The van der Waals surface area contributed by atoms with Gasteiger partial charge in [-0.1, -0.05) is 18.2 Å². The van der Waals surface area contributed by atoms with E-state index in [-0.39, 0.29) is 5.69 Å². The van der Waals surface area contributed by atoms with Crippen molar-refractivity contribution in [1.82, 2.24) is 0 Å². The number of azo groups is 1. The van der Waals surface area contributed by atoms with Gasteiger partial charge in [-0.3, -0.25) is 10.1 Å². The molecule has 0 atom stereocenters. The number of nitro benzene ring substituents is 1. The first-order valence-corrected chi connectivity index (χ1v) is 5.19. The summed E-state index contributed by atoms with van der Waals surface area (Å²) in [6.07, 6.45) is 0. The number of nitro groups is 1. The quantitative estimate of drug-likeness (QED) is 0.471. The van der Waals surface area contributed by atoms with Gasteiger partial charge in [0, 0.05) is 6.07 Å². The summed E-state index contributed by atoms with van der Waals surface area (Å²) < 4.78 is 26.7. The van der Waals surface area contributed by atoms with Gasteiger partial charge in [0.25, 0.3) is 5.69 Å². The summed E-state index contributed by atoms with van der Waals surface area (Å²) in [6.45, 7) is 0. The lowest BCUT2D eigenvalue weighted by Crippen LogP contribution is -1.89. The molecule has 0 bridgehead atoms. The molecule has 0 aliphatic rings. The number of hydrogen-bond acceptors (Lipinski definition) is 4. The average molecular weight is 263 g/mol. The van der Waals surface area contributed by atoms with E-state index >= 15 is 0 Å². The van der Waals surface area contributed by atoms with Crippen LogP contribution in [0.1, 0.15) is 0 Å². The highest BCUT2D eigenvalue weighted by molar-refractivity contribution is 5.57. The molecular weight excluding hydrogens is 256 g/mol. The van der Waals surface area contributed by atoms with E-state index in [1.165, 1.54) is 24.3 Å². The van der Waals surface area contributed by atoms with Crippen LogP contribution >= 0.6 is 0 Å². The molecule has 19 heavy (non-hydrogen) atoms. The van der Waals surface area contributed by atoms with E-state index < -0.39 is 27.9 Å². The van der Waals surface area contributed by atoms with Crippen molar-refractivity contribution in [1.29, 1.82) is 0 Å². The Kier molecular flexibility index (Phi) is 3.56. The van der Waals surface area contributed by atoms with Gasteiger partial charge >= 0.3 is 0 Å². The Hall–Kier alpha value is -2.70. The van der Waals surface area contributed by atoms with Crippen molar-refractivity contribution >= 4 is 17.1 Å². The van der Waals surface area contributed by atoms with Crippen molar-refractivity contribution in [2.45, 2.75) is 0 Å². The molecule has 7 heteroatoms. The van der Waals surface area contributed by atoms with Crippen molar-refractivity contribution < 1.29 is 13.7 Å². The molecule has 2 aromatic rings. The molecule has 0 N–H and O–H groups in total. The van der Waals surface area contributed by atoms with Gasteiger partial charge in [-0.2, -0.15) is 0 Å². The predicted molar refractivity (Wildman–Crippen MR) is 63.6 cm³/mol. The highest BCUT2D eigenvalue weighted by Crippen LogP contribution is 2.31. The summed E-state index contributed by atoms with van der Waals surface area (Å²) in [5.41, 5.74) is -1.18. The van der Waals surface area contributed by atoms with Crippen molar-refractivity contribution in [3.8, 4) is 0 Å². The second-order valence-electron chi connectivity index (χ2n) is 3.52. The Morgan fingerprint density at radius 1 is 0.947 bits per heavy atom. The number of benzene rings is 2. The Balaban J connectivity index is 2.44. The van der Waals surface area contributed by atoms with Gasteiger partial charge in [0.1, 0.15) is 5.69 Å². The Morgan fingerprint density at radius 2 is 1.63 bits per heavy atom. The van der Waals surface area contributed by atoms with Gasteiger partial charge in [-0.05, 0) is 18.2 Å². The smallest absolute Gasteiger partial charge is 0.258 e. The van der Waals surface area contributed by atoms with E-state index in [0.717, 1.165) is 18.2 Å². The summed E-state index contributed by atoms with van der Waals surface area (Å²) in [4.78, 5) is 9.94. The largest absolute Gasteiger partial charge is 0.299 e. The first kappa shape index (κ1) is 12.7. The van der Waals surface area contributed by atoms with E-state index in [0.29, 0.717) is 0 Å². The molecular formula is C12H7F2N3O2. The van der Waals surface area contributed by atoms with Gasteiger partial charge in [0.2, 0.25) is 0 Å². The lowest BCUT2D eigenvalue weighted by atomic mass is 10.2. The summed E-state index contributed by atoms with van der Waals surface area (Å²) in [6, 6.07) is 8.76. The molecule has 0 saturated carbocycles. The number of rotatable bonds is 3. The third-order valence-corrected chi connectivity index (χ3v) is 2.27. The standard InChI is InChI=1S/C12H7F2N3O2/c13-8-4-1-2-6-10(8)15-16-12-9(14)5-3-7-11(12)17(18)19/h1-7H. The number of nitrogens with zero attached hydrogens (tertiary/aromatic N) is 3. The van der Waals surface area contributed by atoms with Crippen LogP contribution in [0.3, 0.4) is 0 Å². The Bertz CT molecular complexity index is 659. The lowest BCUT2D eigenvalue weighted by molar-refractivity contribution is -0.384. The van der Waals surface area contributed by atoms with Crippen molar-refractivity contribution in [3.05, 3.63) is 64.2 Å². The van der Waals surface area contributed by atoms with E-state index in [4.69, 9.17) is 0 Å². The van der Waals surface area contributed by atoms with Crippen LogP contribution in [0.15, 0.2) is 52.7 Å². The zero-order valence-electron chi connectivity index (χ0n) is 9.46. The second kappa shape index (κ2) is 5.30. The lowest BCUT2D eigenvalue weighted by Gasteiger charge is -1.98. The van der Waals surface area contributed by atoms with Crippen LogP contribution in [0.2, 0.25) is 0 Å². The van der Waals surface area contributed by atoms with Gasteiger partial charge in [-0.15, -0.1) is 10.2 Å². The van der Waals surface area contributed by atoms with Crippen LogP contribution in [-0.4, -0.2) is 4.92 Å². The fraction of sp³-hybridized carbons (Fsp3) is 0. The Morgan fingerprint density at radius 3 is 2.32 bits per heavy atom. The SMILES string of the molecule is O=[N+]([O-])c1cccc(F)c1N=Nc1ccccc1F. The molecule has 0 heterocycles. The zero-order chi connectivity index (χ0) is 13.8.